The lowest BCUT2D eigenvalue weighted by molar-refractivity contribution is -0.142. The van der Waals surface area contributed by atoms with Crippen molar-refractivity contribution in [3.8, 4) is 17.0 Å². The predicted molar refractivity (Wildman–Crippen MR) is 102 cm³/mol. The van der Waals surface area contributed by atoms with Gasteiger partial charge in [0.15, 0.2) is 5.69 Å². The van der Waals surface area contributed by atoms with Crippen molar-refractivity contribution in [1.29, 1.82) is 0 Å². The van der Waals surface area contributed by atoms with Gasteiger partial charge >= 0.3 is 6.18 Å². The number of halogens is 5. The number of ether oxygens (including phenoxy) is 1. The Kier molecular flexibility index (Phi) is 5.20. The molecule has 1 amide bonds. The summed E-state index contributed by atoms with van der Waals surface area (Å²) in [5, 5.41) is 5.67. The van der Waals surface area contributed by atoms with Crippen LogP contribution in [0.25, 0.3) is 17.0 Å². The maximum atomic E-state index is 13.8. The summed E-state index contributed by atoms with van der Waals surface area (Å²) in [5.74, 6) is -3.70. The molecule has 32 heavy (non-hydrogen) atoms. The molecule has 0 unspecified atom stereocenters. The van der Waals surface area contributed by atoms with Gasteiger partial charge in [0.2, 0.25) is 5.82 Å². The Bertz CT molecular complexity index is 1320. The summed E-state index contributed by atoms with van der Waals surface area (Å²) in [7, 11) is 1.45. The summed E-state index contributed by atoms with van der Waals surface area (Å²) in [6.45, 7) is 0. The monoisotopic (exact) mass is 449 g/mol. The minimum atomic E-state index is -4.84. The molecule has 164 valence electrons. The molecule has 0 spiro atoms. The Labute approximate surface area is 176 Å². The Morgan fingerprint density at radius 2 is 1.75 bits per heavy atom. The fraction of sp³-hybridized carbons (Fsp3) is 0.100. The van der Waals surface area contributed by atoms with Crippen LogP contribution in [0.3, 0.4) is 0 Å². The van der Waals surface area contributed by atoms with Crippen molar-refractivity contribution < 1.29 is 31.5 Å². The zero-order valence-electron chi connectivity index (χ0n) is 16.1. The summed E-state index contributed by atoms with van der Waals surface area (Å²) in [4.78, 5) is 20.2. The topological polar surface area (TPSA) is 81.4 Å². The summed E-state index contributed by atoms with van der Waals surface area (Å²) in [6, 6.07) is 9.29. The van der Waals surface area contributed by atoms with E-state index in [1.807, 2.05) is 0 Å². The second-order valence-corrected chi connectivity index (χ2v) is 6.48. The number of methoxy groups -OCH3 is 1. The van der Waals surface area contributed by atoms with Gasteiger partial charge in [0.1, 0.15) is 17.4 Å². The van der Waals surface area contributed by atoms with Crippen molar-refractivity contribution in [3.63, 3.8) is 0 Å². The molecule has 2 aromatic carbocycles. The molecule has 0 aliphatic carbocycles. The van der Waals surface area contributed by atoms with E-state index in [4.69, 9.17) is 4.74 Å². The summed E-state index contributed by atoms with van der Waals surface area (Å²) >= 11 is 0. The SMILES string of the molecule is COc1ccc(-c2cc(C(F)(F)F)n3nc(C(=O)Nc4ccc(F)cc4F)nc3n2)cc1. The molecule has 7 nitrogen and oxygen atoms in total. The molecule has 1 N–H and O–H groups in total. The van der Waals surface area contributed by atoms with E-state index in [9.17, 15) is 26.7 Å². The number of fused-ring (bicyclic) bond motifs is 1. The third kappa shape index (κ3) is 4.06. The van der Waals surface area contributed by atoms with E-state index in [0.29, 0.717) is 21.9 Å². The van der Waals surface area contributed by atoms with E-state index in [2.05, 4.69) is 20.4 Å². The highest BCUT2D eigenvalue weighted by Gasteiger charge is 2.36. The molecule has 2 heterocycles. The average Bonchev–Trinajstić information content (AvgIpc) is 3.18. The van der Waals surface area contributed by atoms with Gasteiger partial charge in [-0.05, 0) is 42.5 Å². The van der Waals surface area contributed by atoms with Gasteiger partial charge in [-0.1, -0.05) is 0 Å². The number of aromatic nitrogens is 4. The van der Waals surface area contributed by atoms with Crippen molar-refractivity contribution in [1.82, 2.24) is 19.6 Å². The van der Waals surface area contributed by atoms with E-state index in [1.54, 1.807) is 12.1 Å². The fourth-order valence-corrected chi connectivity index (χ4v) is 2.85. The van der Waals surface area contributed by atoms with E-state index in [-0.39, 0.29) is 5.69 Å². The summed E-state index contributed by atoms with van der Waals surface area (Å²) in [5.41, 5.74) is -1.32. The summed E-state index contributed by atoms with van der Waals surface area (Å²) in [6.07, 6.45) is -4.84. The Hall–Kier alpha value is -4.09. The Morgan fingerprint density at radius 3 is 2.38 bits per heavy atom. The lowest BCUT2D eigenvalue weighted by Crippen LogP contribution is -2.16. The standard InChI is InChI=1S/C20H12F5N5O2/c1-32-12-5-2-10(3-6-12)15-9-16(20(23,24)25)30-19(27-15)28-17(29-30)18(31)26-14-7-4-11(21)8-13(14)22/h2-9H,1H3,(H,26,31). The maximum absolute atomic E-state index is 13.8. The lowest BCUT2D eigenvalue weighted by atomic mass is 10.1. The molecule has 0 saturated carbocycles. The van der Waals surface area contributed by atoms with Gasteiger partial charge in [-0.25, -0.2) is 13.8 Å². The zero-order valence-corrected chi connectivity index (χ0v) is 16.1. The number of anilines is 1. The normalized spacial score (nSPS) is 11.6. The second kappa shape index (κ2) is 7.87. The fourth-order valence-electron chi connectivity index (χ4n) is 2.85. The van der Waals surface area contributed by atoms with Crippen LogP contribution < -0.4 is 10.1 Å². The number of nitrogens with zero attached hydrogens (tertiary/aromatic N) is 4. The molecular formula is C20H12F5N5O2. The van der Waals surface area contributed by atoms with Crippen molar-refractivity contribution in [2.75, 3.05) is 12.4 Å². The highest BCUT2D eigenvalue weighted by Crippen LogP contribution is 2.32. The number of alkyl halides is 3. The Balaban J connectivity index is 1.76. The van der Waals surface area contributed by atoms with Crippen LogP contribution >= 0.6 is 0 Å². The first-order valence-electron chi connectivity index (χ1n) is 8.91. The van der Waals surface area contributed by atoms with E-state index in [0.717, 1.165) is 18.2 Å². The molecule has 0 radical (unpaired) electrons. The van der Waals surface area contributed by atoms with Gasteiger partial charge in [0.05, 0.1) is 18.5 Å². The predicted octanol–water partition coefficient (Wildman–Crippen LogP) is 4.35. The molecule has 0 bridgehead atoms. The van der Waals surface area contributed by atoms with Crippen LogP contribution in [0.1, 0.15) is 16.3 Å². The molecule has 0 aliphatic rings. The van der Waals surface area contributed by atoms with Gasteiger partial charge in [-0.2, -0.15) is 22.7 Å². The molecule has 0 atom stereocenters. The first kappa shape index (κ1) is 21.2. The average molecular weight is 449 g/mol. The van der Waals surface area contributed by atoms with Crippen LogP contribution in [-0.4, -0.2) is 32.6 Å². The number of nitrogens with one attached hydrogen (secondary N) is 1. The van der Waals surface area contributed by atoms with Gasteiger partial charge in [0, 0.05) is 11.6 Å². The molecule has 2 aromatic heterocycles. The molecule has 4 aromatic rings. The first-order valence-corrected chi connectivity index (χ1v) is 8.91. The number of carbonyl (C=O) groups is 1. The first-order chi connectivity index (χ1) is 15.2. The van der Waals surface area contributed by atoms with Crippen LogP contribution in [0.15, 0.2) is 48.5 Å². The Morgan fingerprint density at radius 1 is 1.03 bits per heavy atom. The largest absolute Gasteiger partial charge is 0.497 e. The summed E-state index contributed by atoms with van der Waals surface area (Å²) < 4.78 is 73.2. The number of rotatable bonds is 4. The lowest BCUT2D eigenvalue weighted by Gasteiger charge is -2.10. The minimum Gasteiger partial charge on any atom is -0.497 e. The number of hydrogen-bond donors (Lipinski definition) is 1. The third-order valence-electron chi connectivity index (χ3n) is 4.37. The van der Waals surface area contributed by atoms with Crippen LogP contribution in [0.2, 0.25) is 0 Å². The van der Waals surface area contributed by atoms with E-state index >= 15 is 0 Å². The molecule has 12 heteroatoms. The van der Waals surface area contributed by atoms with Gasteiger partial charge in [0.25, 0.3) is 11.7 Å². The zero-order chi connectivity index (χ0) is 23.0. The maximum Gasteiger partial charge on any atom is 0.433 e. The molecule has 0 fully saturated rings. The van der Waals surface area contributed by atoms with E-state index < -0.39 is 46.7 Å². The number of hydrogen-bond acceptors (Lipinski definition) is 5. The van der Waals surface area contributed by atoms with Crippen molar-refractivity contribution in [2.24, 2.45) is 0 Å². The van der Waals surface area contributed by atoms with Gasteiger partial charge < -0.3 is 10.1 Å². The minimum absolute atomic E-state index is 0.0589. The highest BCUT2D eigenvalue weighted by atomic mass is 19.4. The van der Waals surface area contributed by atoms with Gasteiger partial charge in [-0.3, -0.25) is 4.79 Å². The quantitative estimate of drug-likeness (QED) is 0.469. The highest BCUT2D eigenvalue weighted by molar-refractivity contribution is 6.01. The van der Waals surface area contributed by atoms with Crippen molar-refractivity contribution in [2.45, 2.75) is 6.18 Å². The van der Waals surface area contributed by atoms with Crippen LogP contribution in [-0.2, 0) is 6.18 Å². The second-order valence-electron chi connectivity index (χ2n) is 6.48. The smallest absolute Gasteiger partial charge is 0.433 e. The number of carbonyl (C=O) groups excluding carboxylic acids is 1. The van der Waals surface area contributed by atoms with Crippen LogP contribution in [0, 0.1) is 11.6 Å². The van der Waals surface area contributed by atoms with Crippen molar-refractivity contribution >= 4 is 17.4 Å². The molecule has 0 aliphatic heterocycles. The van der Waals surface area contributed by atoms with Crippen molar-refractivity contribution in [3.05, 3.63) is 71.7 Å². The molecule has 0 saturated heterocycles. The van der Waals surface area contributed by atoms with Crippen LogP contribution in [0.5, 0.6) is 5.75 Å². The molecule has 4 rings (SSSR count). The van der Waals surface area contributed by atoms with E-state index in [1.165, 1.54) is 19.2 Å². The number of amides is 1. The third-order valence-corrected chi connectivity index (χ3v) is 4.37. The molecular weight excluding hydrogens is 437 g/mol. The van der Waals surface area contributed by atoms with Gasteiger partial charge in [-0.15, -0.1) is 5.10 Å². The number of benzene rings is 2. The van der Waals surface area contributed by atoms with Crippen LogP contribution in [0.4, 0.5) is 27.6 Å².